The van der Waals surface area contributed by atoms with Crippen molar-refractivity contribution in [3.63, 3.8) is 0 Å². The number of benzene rings is 3. The van der Waals surface area contributed by atoms with Crippen molar-refractivity contribution in [2.24, 2.45) is 0 Å². The third-order valence-electron chi connectivity index (χ3n) is 6.13. The summed E-state index contributed by atoms with van der Waals surface area (Å²) in [5.41, 5.74) is 8.51. The molecule has 1 unspecified atom stereocenters. The van der Waals surface area contributed by atoms with Gasteiger partial charge < -0.3 is 19.8 Å². The summed E-state index contributed by atoms with van der Waals surface area (Å²) in [6, 6.07) is 21.1. The lowest BCUT2D eigenvalue weighted by Crippen LogP contribution is -2.31. The monoisotopic (exact) mass is 412 g/mol. The molecule has 2 N–H and O–H groups in total. The summed E-state index contributed by atoms with van der Waals surface area (Å²) in [6.45, 7) is 5.75. The van der Waals surface area contributed by atoms with E-state index in [9.17, 15) is 0 Å². The minimum absolute atomic E-state index is 0.0818. The molecule has 1 atom stereocenters. The van der Waals surface area contributed by atoms with Gasteiger partial charge in [-0.2, -0.15) is 0 Å². The number of aromatic nitrogens is 1. The molecule has 5 rings (SSSR count). The Kier molecular flexibility index (Phi) is 5.16. The number of H-pyrrole nitrogens is 1. The van der Waals surface area contributed by atoms with Gasteiger partial charge in [0, 0.05) is 28.7 Å². The Labute approximate surface area is 183 Å². The number of ether oxygens (including phenoxy) is 2. The van der Waals surface area contributed by atoms with Gasteiger partial charge in [0.15, 0.2) is 0 Å². The average molecular weight is 413 g/mol. The van der Waals surface area contributed by atoms with E-state index in [2.05, 4.69) is 60.5 Å². The molecular weight excluding hydrogens is 384 g/mol. The van der Waals surface area contributed by atoms with Gasteiger partial charge in [-0.25, -0.2) is 0 Å². The van der Waals surface area contributed by atoms with E-state index in [4.69, 9.17) is 9.47 Å². The SMILES string of the molecule is COc1c(C)cc(C)cc1C1NCCc2c1[nH]c1ccc(OCc3ccccc3)cc21. The van der Waals surface area contributed by atoms with E-state index in [1.165, 1.54) is 38.9 Å². The lowest BCUT2D eigenvalue weighted by Gasteiger charge is -2.27. The third kappa shape index (κ3) is 3.68. The highest BCUT2D eigenvalue weighted by Gasteiger charge is 2.28. The fourth-order valence-electron chi connectivity index (χ4n) is 4.78. The molecule has 0 fully saturated rings. The second kappa shape index (κ2) is 8.12. The predicted octanol–water partition coefficient (Wildman–Crippen LogP) is 5.61. The van der Waals surface area contributed by atoms with E-state index in [-0.39, 0.29) is 6.04 Å². The summed E-state index contributed by atoms with van der Waals surface area (Å²) in [5.74, 6) is 1.86. The van der Waals surface area contributed by atoms with Gasteiger partial charge in [-0.1, -0.05) is 48.0 Å². The van der Waals surface area contributed by atoms with Gasteiger partial charge in [0.25, 0.3) is 0 Å². The molecule has 2 heterocycles. The number of fused-ring (bicyclic) bond motifs is 3. The first-order valence-electron chi connectivity index (χ1n) is 10.8. The summed E-state index contributed by atoms with van der Waals surface area (Å²) >= 11 is 0. The van der Waals surface area contributed by atoms with Crippen LogP contribution in [0.3, 0.4) is 0 Å². The van der Waals surface area contributed by atoms with E-state index in [1.807, 2.05) is 24.3 Å². The van der Waals surface area contributed by atoms with Crippen LogP contribution in [0.2, 0.25) is 0 Å². The molecular formula is C27H28N2O2. The number of aromatic amines is 1. The molecule has 4 aromatic rings. The van der Waals surface area contributed by atoms with E-state index in [1.54, 1.807) is 7.11 Å². The predicted molar refractivity (Wildman–Crippen MR) is 125 cm³/mol. The van der Waals surface area contributed by atoms with Crippen LogP contribution in [0.5, 0.6) is 11.5 Å². The van der Waals surface area contributed by atoms with Gasteiger partial charge in [-0.15, -0.1) is 0 Å². The zero-order chi connectivity index (χ0) is 21.4. The van der Waals surface area contributed by atoms with Crippen LogP contribution in [0, 0.1) is 13.8 Å². The van der Waals surface area contributed by atoms with Gasteiger partial charge in [0.05, 0.1) is 13.2 Å². The number of hydrogen-bond acceptors (Lipinski definition) is 3. The highest BCUT2D eigenvalue weighted by atomic mass is 16.5. The van der Waals surface area contributed by atoms with Crippen LogP contribution in [-0.2, 0) is 13.0 Å². The summed E-state index contributed by atoms with van der Waals surface area (Å²) in [6.07, 6.45) is 0.987. The zero-order valence-corrected chi connectivity index (χ0v) is 18.3. The quantitative estimate of drug-likeness (QED) is 0.448. The highest BCUT2D eigenvalue weighted by molar-refractivity contribution is 5.87. The van der Waals surface area contributed by atoms with Crippen LogP contribution in [0.4, 0.5) is 0 Å². The largest absolute Gasteiger partial charge is 0.496 e. The summed E-state index contributed by atoms with van der Waals surface area (Å²) in [4.78, 5) is 3.68. The molecule has 4 heteroatoms. The maximum absolute atomic E-state index is 6.09. The number of aryl methyl sites for hydroxylation is 2. The van der Waals surface area contributed by atoms with Crippen molar-refractivity contribution in [2.75, 3.05) is 13.7 Å². The van der Waals surface area contributed by atoms with Crippen molar-refractivity contribution in [2.45, 2.75) is 32.9 Å². The standard InChI is InChI=1S/C27H28N2O2/c1-17-13-18(2)27(30-3)23(14-17)25-26-21(11-12-28-25)22-15-20(9-10-24(22)29-26)31-16-19-7-5-4-6-8-19/h4-10,13-15,25,28-29H,11-12,16H2,1-3H3. The smallest absolute Gasteiger partial charge is 0.126 e. The van der Waals surface area contributed by atoms with Crippen molar-refractivity contribution >= 4 is 10.9 Å². The van der Waals surface area contributed by atoms with E-state index < -0.39 is 0 Å². The average Bonchev–Trinajstić information content (AvgIpc) is 3.16. The number of hydrogen-bond donors (Lipinski definition) is 2. The van der Waals surface area contributed by atoms with Crippen LogP contribution < -0.4 is 14.8 Å². The van der Waals surface area contributed by atoms with E-state index >= 15 is 0 Å². The molecule has 158 valence electrons. The Bertz CT molecular complexity index is 1230. The summed E-state index contributed by atoms with van der Waals surface area (Å²) in [5, 5.41) is 4.95. The molecule has 31 heavy (non-hydrogen) atoms. The van der Waals surface area contributed by atoms with Crippen molar-refractivity contribution < 1.29 is 9.47 Å². The van der Waals surface area contributed by atoms with Gasteiger partial charge in [0.2, 0.25) is 0 Å². The fourth-order valence-corrected chi connectivity index (χ4v) is 4.78. The van der Waals surface area contributed by atoms with Crippen molar-refractivity contribution in [3.8, 4) is 11.5 Å². The lowest BCUT2D eigenvalue weighted by atomic mass is 9.91. The van der Waals surface area contributed by atoms with Gasteiger partial charge >= 0.3 is 0 Å². The van der Waals surface area contributed by atoms with Gasteiger partial charge in [-0.05, 0) is 55.2 Å². The molecule has 0 saturated heterocycles. The first-order valence-corrected chi connectivity index (χ1v) is 10.8. The van der Waals surface area contributed by atoms with E-state index in [0.29, 0.717) is 6.61 Å². The second-order valence-electron chi connectivity index (χ2n) is 8.34. The fraction of sp³-hybridized carbons (Fsp3) is 0.259. The highest BCUT2D eigenvalue weighted by Crippen LogP contribution is 2.39. The molecule has 0 amide bonds. The molecule has 1 aliphatic heterocycles. The number of rotatable bonds is 5. The third-order valence-corrected chi connectivity index (χ3v) is 6.13. The Morgan fingerprint density at radius 1 is 1.00 bits per heavy atom. The maximum Gasteiger partial charge on any atom is 0.126 e. The molecule has 0 spiro atoms. The summed E-state index contributed by atoms with van der Waals surface area (Å²) < 4.78 is 11.9. The normalized spacial score (nSPS) is 15.6. The molecule has 3 aromatic carbocycles. The Morgan fingerprint density at radius 3 is 2.65 bits per heavy atom. The summed E-state index contributed by atoms with van der Waals surface area (Å²) in [7, 11) is 1.76. The van der Waals surface area contributed by atoms with Crippen molar-refractivity contribution in [1.29, 1.82) is 0 Å². The zero-order valence-electron chi connectivity index (χ0n) is 18.3. The van der Waals surface area contributed by atoms with Crippen molar-refractivity contribution in [1.82, 2.24) is 10.3 Å². The Hall–Kier alpha value is -3.24. The van der Waals surface area contributed by atoms with Gasteiger partial charge in [-0.3, -0.25) is 0 Å². The van der Waals surface area contributed by atoms with Crippen LogP contribution >= 0.6 is 0 Å². The van der Waals surface area contributed by atoms with Crippen molar-refractivity contribution in [3.05, 3.63) is 94.2 Å². The molecule has 1 aromatic heterocycles. The van der Waals surface area contributed by atoms with Crippen LogP contribution in [0.25, 0.3) is 10.9 Å². The Balaban J connectivity index is 1.52. The minimum Gasteiger partial charge on any atom is -0.496 e. The molecule has 0 saturated carbocycles. The number of methoxy groups -OCH3 is 1. The molecule has 0 radical (unpaired) electrons. The lowest BCUT2D eigenvalue weighted by molar-refractivity contribution is 0.306. The van der Waals surface area contributed by atoms with Crippen LogP contribution in [0.15, 0.2) is 60.7 Å². The first-order chi connectivity index (χ1) is 15.1. The number of nitrogens with one attached hydrogen (secondary N) is 2. The van der Waals surface area contributed by atoms with Crippen LogP contribution in [0.1, 0.15) is 39.6 Å². The maximum atomic E-state index is 6.09. The van der Waals surface area contributed by atoms with E-state index in [0.717, 1.165) is 30.0 Å². The van der Waals surface area contributed by atoms with Gasteiger partial charge in [0.1, 0.15) is 18.1 Å². The molecule has 4 nitrogen and oxygen atoms in total. The van der Waals surface area contributed by atoms with Crippen LogP contribution in [-0.4, -0.2) is 18.6 Å². The first kappa shape index (κ1) is 19.7. The molecule has 1 aliphatic rings. The molecule has 0 bridgehead atoms. The topological polar surface area (TPSA) is 46.3 Å². The Morgan fingerprint density at radius 2 is 1.84 bits per heavy atom. The molecule has 0 aliphatic carbocycles. The minimum atomic E-state index is 0.0818. The second-order valence-corrected chi connectivity index (χ2v) is 8.34.